The van der Waals surface area contributed by atoms with E-state index in [1.807, 2.05) is 51.5 Å². The Kier molecular flexibility index (Phi) is 37.1. The lowest BCUT2D eigenvalue weighted by atomic mass is 10.1. The van der Waals surface area contributed by atoms with Crippen molar-refractivity contribution < 1.29 is 52.3 Å². The highest BCUT2D eigenvalue weighted by Gasteiger charge is 2.27. The molecule has 344 valence electrons. The Bertz CT molecular complexity index is 1330. The van der Waals surface area contributed by atoms with Crippen LogP contribution < -0.4 is 0 Å². The molecule has 0 spiro atoms. The van der Waals surface area contributed by atoms with Crippen LogP contribution in [0.3, 0.4) is 0 Å². The van der Waals surface area contributed by atoms with Crippen LogP contribution in [0, 0.1) is 0 Å². The van der Waals surface area contributed by atoms with Crippen LogP contribution in [0.15, 0.2) is 85.1 Å². The van der Waals surface area contributed by atoms with Crippen LogP contribution in [0.4, 0.5) is 0 Å². The highest BCUT2D eigenvalue weighted by atomic mass is 31.2. The number of rotatable bonds is 39. The van der Waals surface area contributed by atoms with Crippen molar-refractivity contribution in [3.63, 3.8) is 0 Å². The van der Waals surface area contributed by atoms with Crippen molar-refractivity contribution in [2.75, 3.05) is 47.5 Å². The molecule has 0 aromatic rings. The van der Waals surface area contributed by atoms with Crippen LogP contribution in [0.5, 0.6) is 0 Å². The molecule has 60 heavy (non-hydrogen) atoms. The lowest BCUT2D eigenvalue weighted by molar-refractivity contribution is -0.870. The quantitative estimate of drug-likeness (QED) is 0.0136. The first-order chi connectivity index (χ1) is 28.8. The van der Waals surface area contributed by atoms with Gasteiger partial charge in [-0.1, -0.05) is 144 Å². The summed E-state index contributed by atoms with van der Waals surface area (Å²) in [6.07, 6.45) is 42.7. The minimum Gasteiger partial charge on any atom is -0.462 e. The van der Waals surface area contributed by atoms with Crippen molar-refractivity contribution in [1.29, 1.82) is 0 Å². The molecule has 12 heteroatoms. The normalized spacial score (nSPS) is 15.4. The topological polar surface area (TPSA) is 149 Å². The van der Waals surface area contributed by atoms with Crippen molar-refractivity contribution >= 4 is 19.8 Å². The van der Waals surface area contributed by atoms with E-state index < -0.39 is 44.7 Å². The van der Waals surface area contributed by atoms with Gasteiger partial charge in [0.2, 0.25) is 0 Å². The maximum absolute atomic E-state index is 12.7. The minimum absolute atomic E-state index is 0.0149. The number of quaternary nitrogens is 1. The summed E-state index contributed by atoms with van der Waals surface area (Å²) in [5.74, 6) is -1.06. The number of hydrogen-bond donors (Lipinski definition) is 3. The van der Waals surface area contributed by atoms with Gasteiger partial charge in [-0.15, -0.1) is 0 Å². The second kappa shape index (κ2) is 39.0. The number of esters is 2. The van der Waals surface area contributed by atoms with Gasteiger partial charge in [0.1, 0.15) is 19.8 Å². The zero-order chi connectivity index (χ0) is 44.6. The van der Waals surface area contributed by atoms with Gasteiger partial charge in [0, 0.05) is 12.8 Å². The first-order valence-corrected chi connectivity index (χ1v) is 24.0. The molecular formula is C48H83NO10P+. The van der Waals surface area contributed by atoms with Gasteiger partial charge in [0.05, 0.1) is 40.0 Å². The van der Waals surface area contributed by atoms with E-state index in [-0.39, 0.29) is 26.1 Å². The highest BCUT2D eigenvalue weighted by Crippen LogP contribution is 2.43. The Morgan fingerprint density at radius 1 is 0.600 bits per heavy atom. The molecule has 11 nitrogen and oxygen atoms in total. The Morgan fingerprint density at radius 3 is 1.72 bits per heavy atom. The van der Waals surface area contributed by atoms with Crippen LogP contribution in [-0.2, 0) is 32.7 Å². The first-order valence-electron chi connectivity index (χ1n) is 22.5. The average molecular weight is 865 g/mol. The van der Waals surface area contributed by atoms with Crippen LogP contribution >= 0.6 is 7.82 Å². The number of nitrogens with zero attached hydrogens (tertiary/aromatic N) is 1. The van der Waals surface area contributed by atoms with Crippen molar-refractivity contribution in [3.05, 3.63) is 85.1 Å². The Labute approximate surface area is 364 Å². The number of carbonyl (C=O) groups is 2. The number of likely N-dealkylation sites (N-methyl/N-ethyl adjacent to an activating group) is 1. The standard InChI is InChI=1S/C48H82NO10P/c1-6-8-10-11-12-13-14-15-16-17-18-19-20-21-25-28-32-38-48(53)59-46(43-58-60(54,55)57-41-40-49(3,4)5)42-56-47(52)39-33-37-45(51)36-31-27-24-22-23-26-30-35-44(50)34-29-9-7-2/h12-13,15-16,18-19,23-24,26-27,30-31,35-36,44-46,50-51H,6-11,14,17,20-22,25,28-29,32-34,37-43H2,1-5H3/p+1/b13-12-,16-15-,19-18-,26-23-,27-24-,35-30+,36-31+/t44-,45-,46+/m0/s1. The summed E-state index contributed by atoms with van der Waals surface area (Å²) in [6, 6.07) is 0. The molecular weight excluding hydrogens is 781 g/mol. The second-order valence-electron chi connectivity index (χ2n) is 16.1. The third-order valence-electron chi connectivity index (χ3n) is 9.11. The summed E-state index contributed by atoms with van der Waals surface area (Å²) in [5.41, 5.74) is 0. The average Bonchev–Trinajstić information content (AvgIpc) is 3.19. The van der Waals surface area contributed by atoms with Gasteiger partial charge in [-0.05, 0) is 70.6 Å². The number of phosphoric ester groups is 1. The largest absolute Gasteiger partial charge is 0.472 e. The molecule has 0 fully saturated rings. The van der Waals surface area contributed by atoms with E-state index in [4.69, 9.17) is 18.5 Å². The molecule has 3 N–H and O–H groups in total. The monoisotopic (exact) mass is 865 g/mol. The Hall–Kier alpha value is -2.89. The lowest BCUT2D eigenvalue weighted by Crippen LogP contribution is -2.37. The van der Waals surface area contributed by atoms with Crippen LogP contribution in [0.1, 0.15) is 142 Å². The van der Waals surface area contributed by atoms with Crippen molar-refractivity contribution in [2.24, 2.45) is 0 Å². The number of unbranched alkanes of at least 4 members (excludes halogenated alkanes) is 9. The summed E-state index contributed by atoms with van der Waals surface area (Å²) in [7, 11) is 1.32. The van der Waals surface area contributed by atoms with Gasteiger partial charge in [-0.3, -0.25) is 18.6 Å². The number of aliphatic hydroxyl groups is 2. The number of allylic oxidation sites excluding steroid dienone is 12. The van der Waals surface area contributed by atoms with E-state index in [9.17, 15) is 29.3 Å². The number of carbonyl (C=O) groups excluding carboxylic acids is 2. The fraction of sp³-hybridized carbons (Fsp3) is 0.667. The molecule has 0 aliphatic rings. The SMILES string of the molecule is CCCCC/C=C\C/C=C\C/C=C\CCCCCCC(=O)O[C@H](COC(=O)CCC[C@@H](O)/C=C/C=C\C/C=C\C=C\[C@@H](O)CCCCC)COP(=O)(O)OCC[N+](C)(C)C. The maximum atomic E-state index is 12.7. The first kappa shape index (κ1) is 57.1. The molecule has 0 amide bonds. The fourth-order valence-corrected chi connectivity index (χ4v) is 6.21. The van der Waals surface area contributed by atoms with Crippen LogP contribution in [-0.4, -0.2) is 97.3 Å². The summed E-state index contributed by atoms with van der Waals surface area (Å²) >= 11 is 0. The summed E-state index contributed by atoms with van der Waals surface area (Å²) in [5, 5.41) is 20.2. The zero-order valence-electron chi connectivity index (χ0n) is 37.9. The van der Waals surface area contributed by atoms with E-state index in [1.54, 1.807) is 18.2 Å². The van der Waals surface area contributed by atoms with E-state index >= 15 is 0 Å². The van der Waals surface area contributed by atoms with E-state index in [2.05, 4.69) is 50.3 Å². The summed E-state index contributed by atoms with van der Waals surface area (Å²) in [4.78, 5) is 35.4. The van der Waals surface area contributed by atoms with Crippen molar-refractivity contribution in [2.45, 2.75) is 161 Å². The molecule has 4 atom stereocenters. The Morgan fingerprint density at radius 2 is 1.12 bits per heavy atom. The Balaban J connectivity index is 4.64. The van der Waals surface area contributed by atoms with Crippen molar-refractivity contribution in [1.82, 2.24) is 0 Å². The van der Waals surface area contributed by atoms with Gasteiger partial charge in [0.15, 0.2) is 6.10 Å². The third kappa shape index (κ3) is 41.8. The fourth-order valence-electron chi connectivity index (χ4n) is 5.47. The second-order valence-corrected chi connectivity index (χ2v) is 17.6. The minimum atomic E-state index is -4.44. The molecule has 0 heterocycles. The molecule has 0 aromatic carbocycles. The van der Waals surface area contributed by atoms with Crippen LogP contribution in [0.2, 0.25) is 0 Å². The highest BCUT2D eigenvalue weighted by molar-refractivity contribution is 7.47. The number of ether oxygens (including phenoxy) is 2. The van der Waals surface area contributed by atoms with E-state index in [1.165, 1.54) is 19.3 Å². The molecule has 0 aromatic heterocycles. The van der Waals surface area contributed by atoms with Gasteiger partial charge in [0.25, 0.3) is 0 Å². The van der Waals surface area contributed by atoms with Gasteiger partial charge in [-0.25, -0.2) is 4.57 Å². The molecule has 0 radical (unpaired) electrons. The zero-order valence-corrected chi connectivity index (χ0v) is 38.8. The number of hydrogen-bond acceptors (Lipinski definition) is 9. The predicted molar refractivity (Wildman–Crippen MR) is 245 cm³/mol. The number of aliphatic hydroxyl groups excluding tert-OH is 2. The smallest absolute Gasteiger partial charge is 0.462 e. The molecule has 0 bridgehead atoms. The van der Waals surface area contributed by atoms with E-state index in [0.717, 1.165) is 70.6 Å². The molecule has 0 aliphatic carbocycles. The van der Waals surface area contributed by atoms with E-state index in [0.29, 0.717) is 36.7 Å². The molecule has 0 aliphatic heterocycles. The van der Waals surface area contributed by atoms with Gasteiger partial charge < -0.3 is 29.1 Å². The number of phosphoric acid groups is 1. The third-order valence-corrected chi connectivity index (χ3v) is 10.1. The molecule has 0 rings (SSSR count). The summed E-state index contributed by atoms with van der Waals surface area (Å²) < 4.78 is 34.1. The molecule has 0 saturated carbocycles. The van der Waals surface area contributed by atoms with Crippen LogP contribution in [0.25, 0.3) is 0 Å². The molecule has 0 saturated heterocycles. The van der Waals surface area contributed by atoms with Gasteiger partial charge in [-0.2, -0.15) is 0 Å². The summed E-state index contributed by atoms with van der Waals surface area (Å²) in [6.45, 7) is 3.98. The maximum Gasteiger partial charge on any atom is 0.472 e. The predicted octanol–water partition coefficient (Wildman–Crippen LogP) is 10.7. The molecule has 1 unspecified atom stereocenters. The van der Waals surface area contributed by atoms with Crippen molar-refractivity contribution in [3.8, 4) is 0 Å². The van der Waals surface area contributed by atoms with Gasteiger partial charge >= 0.3 is 19.8 Å². The lowest BCUT2D eigenvalue weighted by Gasteiger charge is -2.24.